The topological polar surface area (TPSA) is 89.7 Å². The van der Waals surface area contributed by atoms with Crippen LogP contribution in [0, 0.1) is 10.1 Å². The van der Waals surface area contributed by atoms with Gasteiger partial charge in [0.05, 0.1) is 4.92 Å². The normalized spacial score (nSPS) is 13.0. The van der Waals surface area contributed by atoms with Gasteiger partial charge in [-0.25, -0.2) is 13.6 Å². The van der Waals surface area contributed by atoms with Crippen LogP contribution in [0.5, 0.6) is 5.75 Å². The summed E-state index contributed by atoms with van der Waals surface area (Å²) < 4.78 is 106. The van der Waals surface area contributed by atoms with Crippen LogP contribution in [-0.4, -0.2) is 46.8 Å². The zero-order valence-corrected chi connectivity index (χ0v) is 12.1. The fourth-order valence-electron chi connectivity index (χ4n) is 1.58. The maximum absolute atomic E-state index is 13.3. The molecule has 6 nitrogen and oxygen atoms in total. The lowest BCUT2D eigenvalue weighted by atomic mass is 10.1. The van der Waals surface area contributed by atoms with Crippen molar-refractivity contribution in [2.24, 2.45) is 0 Å². The molecule has 0 aromatic heterocycles. The minimum Gasteiger partial charge on any atom is -0.487 e. The van der Waals surface area contributed by atoms with Gasteiger partial charge in [0.2, 0.25) is 0 Å². The zero-order valence-electron chi connectivity index (χ0n) is 12.1. The van der Waals surface area contributed by atoms with Crippen LogP contribution in [0.15, 0.2) is 18.2 Å². The standard InChI is InChI=1S/C12H7F8NO5/c13-9(14)11(17,18)12(19,20)10(15,16)4-26-5-1-2-7(21(24)25)6(3-5)8(22)23/h1-3,9H,4H2,(H,22,23). The lowest BCUT2D eigenvalue weighted by Gasteiger charge is -2.32. The lowest BCUT2D eigenvalue weighted by Crippen LogP contribution is -2.59. The molecule has 0 amide bonds. The number of carbonyl (C=O) groups is 1. The highest BCUT2D eigenvalue weighted by molar-refractivity contribution is 5.92. The molecule has 26 heavy (non-hydrogen) atoms. The summed E-state index contributed by atoms with van der Waals surface area (Å²) in [4.78, 5) is 20.3. The molecule has 1 aromatic rings. The Morgan fingerprint density at radius 1 is 1.19 bits per heavy atom. The third-order valence-corrected chi connectivity index (χ3v) is 2.97. The van der Waals surface area contributed by atoms with E-state index >= 15 is 0 Å². The predicted octanol–water partition coefficient (Wildman–Crippen LogP) is 3.84. The second kappa shape index (κ2) is 6.92. The third kappa shape index (κ3) is 3.77. The smallest absolute Gasteiger partial charge is 0.381 e. The average Bonchev–Trinajstić information content (AvgIpc) is 2.51. The first-order chi connectivity index (χ1) is 11.6. The summed E-state index contributed by atoms with van der Waals surface area (Å²) in [6.07, 6.45) is -5.10. The van der Waals surface area contributed by atoms with Crippen molar-refractivity contribution < 1.29 is 54.7 Å². The van der Waals surface area contributed by atoms with E-state index in [2.05, 4.69) is 4.74 Å². The highest BCUT2D eigenvalue weighted by Crippen LogP contribution is 2.48. The van der Waals surface area contributed by atoms with Crippen molar-refractivity contribution in [1.29, 1.82) is 0 Å². The molecule has 0 saturated heterocycles. The molecule has 0 aliphatic rings. The number of carboxylic acids is 1. The Morgan fingerprint density at radius 3 is 2.15 bits per heavy atom. The molecule has 0 radical (unpaired) electrons. The molecule has 0 aliphatic heterocycles. The van der Waals surface area contributed by atoms with E-state index in [1.807, 2.05) is 0 Å². The SMILES string of the molecule is O=C(O)c1cc(OCC(F)(F)C(F)(F)C(F)(F)C(F)F)ccc1[N+](=O)[O-]. The van der Waals surface area contributed by atoms with Gasteiger partial charge in [-0.1, -0.05) is 0 Å². The molecule has 0 spiro atoms. The number of carboxylic acid groups (broad SMARTS) is 1. The van der Waals surface area contributed by atoms with Gasteiger partial charge >= 0.3 is 30.2 Å². The van der Waals surface area contributed by atoms with E-state index in [9.17, 15) is 50.0 Å². The van der Waals surface area contributed by atoms with E-state index in [4.69, 9.17) is 5.11 Å². The van der Waals surface area contributed by atoms with Crippen molar-refractivity contribution in [3.8, 4) is 5.75 Å². The Kier molecular flexibility index (Phi) is 5.68. The first-order valence-electron chi connectivity index (χ1n) is 6.21. The summed E-state index contributed by atoms with van der Waals surface area (Å²) in [5, 5.41) is 19.3. The molecule has 0 fully saturated rings. The second-order valence-electron chi connectivity index (χ2n) is 4.73. The highest BCUT2D eigenvalue weighted by atomic mass is 19.4. The fraction of sp³-hybridized carbons (Fsp3) is 0.417. The lowest BCUT2D eigenvalue weighted by molar-refractivity contribution is -0.385. The molecule has 1 N–H and O–H groups in total. The Morgan fingerprint density at radius 2 is 1.73 bits per heavy atom. The number of halogens is 8. The summed E-state index contributed by atoms with van der Waals surface area (Å²) in [7, 11) is 0. The number of hydrogen-bond donors (Lipinski definition) is 1. The summed E-state index contributed by atoms with van der Waals surface area (Å²) in [5.74, 6) is -21.5. The summed E-state index contributed by atoms with van der Waals surface area (Å²) in [6.45, 7) is -2.53. The van der Waals surface area contributed by atoms with Crippen molar-refractivity contribution in [3.63, 3.8) is 0 Å². The number of nitro benzene ring substituents is 1. The van der Waals surface area contributed by atoms with Crippen LogP contribution in [-0.2, 0) is 0 Å². The number of hydrogen-bond acceptors (Lipinski definition) is 4. The van der Waals surface area contributed by atoms with Crippen LogP contribution in [0.25, 0.3) is 0 Å². The Balaban J connectivity index is 3.09. The quantitative estimate of drug-likeness (QED) is 0.409. The first kappa shape index (κ1) is 21.4. The molecule has 0 unspecified atom stereocenters. The van der Waals surface area contributed by atoms with Crippen LogP contribution in [0.1, 0.15) is 10.4 Å². The number of rotatable bonds is 8. The fourth-order valence-corrected chi connectivity index (χ4v) is 1.58. The van der Waals surface area contributed by atoms with E-state index in [1.54, 1.807) is 0 Å². The van der Waals surface area contributed by atoms with Crippen molar-refractivity contribution >= 4 is 11.7 Å². The van der Waals surface area contributed by atoms with Crippen LogP contribution in [0.2, 0.25) is 0 Å². The van der Waals surface area contributed by atoms with Crippen molar-refractivity contribution in [2.45, 2.75) is 24.2 Å². The number of aromatic carboxylic acids is 1. The molecular formula is C12H7F8NO5. The van der Waals surface area contributed by atoms with Gasteiger partial charge in [-0.3, -0.25) is 10.1 Å². The Labute approximate surface area is 138 Å². The predicted molar refractivity (Wildman–Crippen MR) is 66.4 cm³/mol. The minimum atomic E-state index is -6.50. The van der Waals surface area contributed by atoms with Crippen molar-refractivity contribution in [3.05, 3.63) is 33.9 Å². The number of nitro groups is 1. The van der Waals surface area contributed by atoms with E-state index in [0.29, 0.717) is 18.2 Å². The van der Waals surface area contributed by atoms with Gasteiger partial charge in [-0.2, -0.15) is 26.3 Å². The Hall–Kier alpha value is -2.67. The first-order valence-corrected chi connectivity index (χ1v) is 6.21. The monoisotopic (exact) mass is 397 g/mol. The highest BCUT2D eigenvalue weighted by Gasteiger charge is 2.75. The van der Waals surface area contributed by atoms with Gasteiger partial charge in [-0.05, 0) is 6.07 Å². The number of benzene rings is 1. The minimum absolute atomic E-state index is 0.306. The van der Waals surface area contributed by atoms with Crippen LogP contribution in [0.4, 0.5) is 40.8 Å². The maximum atomic E-state index is 13.3. The van der Waals surface area contributed by atoms with E-state index in [0.717, 1.165) is 0 Å². The largest absolute Gasteiger partial charge is 0.487 e. The summed E-state index contributed by atoms with van der Waals surface area (Å²) >= 11 is 0. The van der Waals surface area contributed by atoms with E-state index in [1.165, 1.54) is 0 Å². The van der Waals surface area contributed by atoms with Gasteiger partial charge in [0.25, 0.3) is 5.69 Å². The van der Waals surface area contributed by atoms with Crippen LogP contribution < -0.4 is 4.74 Å². The van der Waals surface area contributed by atoms with Gasteiger partial charge in [0, 0.05) is 12.1 Å². The van der Waals surface area contributed by atoms with Gasteiger partial charge < -0.3 is 9.84 Å². The van der Waals surface area contributed by atoms with E-state index < -0.39 is 58.7 Å². The summed E-state index contributed by atoms with van der Waals surface area (Å²) in [6, 6.07) is 1.31. The molecule has 0 bridgehead atoms. The van der Waals surface area contributed by atoms with Crippen molar-refractivity contribution in [1.82, 2.24) is 0 Å². The molecule has 0 atom stereocenters. The van der Waals surface area contributed by atoms with Gasteiger partial charge in [0.15, 0.2) is 6.61 Å². The number of nitrogens with zero attached hydrogens (tertiary/aromatic N) is 1. The second-order valence-corrected chi connectivity index (χ2v) is 4.73. The van der Waals surface area contributed by atoms with E-state index in [-0.39, 0.29) is 0 Å². The molecule has 1 rings (SSSR count). The maximum Gasteiger partial charge on any atom is 0.381 e. The summed E-state index contributed by atoms with van der Waals surface area (Å²) in [5.41, 5.74) is -2.06. The molecule has 14 heteroatoms. The van der Waals surface area contributed by atoms with Crippen LogP contribution >= 0.6 is 0 Å². The molecule has 1 aromatic carbocycles. The molecule has 0 saturated carbocycles. The average molecular weight is 397 g/mol. The van der Waals surface area contributed by atoms with Gasteiger partial charge in [0.1, 0.15) is 11.3 Å². The Bertz CT molecular complexity index is 709. The number of ether oxygens (including phenoxy) is 1. The molecule has 146 valence electrons. The van der Waals surface area contributed by atoms with Gasteiger partial charge in [-0.15, -0.1) is 0 Å². The molecule has 0 heterocycles. The van der Waals surface area contributed by atoms with Crippen molar-refractivity contribution in [2.75, 3.05) is 6.61 Å². The number of alkyl halides is 8. The molecular weight excluding hydrogens is 390 g/mol. The zero-order chi connectivity index (χ0) is 20.5. The van der Waals surface area contributed by atoms with Crippen LogP contribution in [0.3, 0.4) is 0 Å². The third-order valence-electron chi connectivity index (χ3n) is 2.97. The molecule has 0 aliphatic carbocycles.